The van der Waals surface area contributed by atoms with Crippen LogP contribution in [0.3, 0.4) is 0 Å². The molecule has 0 bridgehead atoms. The molecule has 1 saturated carbocycles. The zero-order chi connectivity index (χ0) is 29.3. The van der Waals surface area contributed by atoms with Crippen molar-refractivity contribution in [2.45, 2.75) is 65.5 Å². The average Bonchev–Trinajstić information content (AvgIpc) is 2.89. The number of aliphatic hydroxyl groups is 1. The van der Waals surface area contributed by atoms with Gasteiger partial charge in [0.25, 0.3) is 0 Å². The summed E-state index contributed by atoms with van der Waals surface area (Å²) in [4.78, 5) is 27.4. The number of anilines is 1. The van der Waals surface area contributed by atoms with Crippen LogP contribution in [0, 0.1) is 12.3 Å². The number of Topliss-reactive ketones (excluding diaryl/α,β-unsaturated/α-hetero) is 1. The number of benzene rings is 1. The van der Waals surface area contributed by atoms with Gasteiger partial charge in [-0.3, -0.25) is 9.69 Å². The molecule has 41 heavy (non-hydrogen) atoms. The van der Waals surface area contributed by atoms with E-state index in [0.717, 1.165) is 57.2 Å². The lowest BCUT2D eigenvalue weighted by molar-refractivity contribution is -0.111. The normalized spacial score (nSPS) is 20.3. The van der Waals surface area contributed by atoms with E-state index in [1.807, 2.05) is 13.8 Å². The number of nitrogens with zero attached hydrogens (tertiary/aromatic N) is 4. The monoisotopic (exact) mass is 583 g/mol. The van der Waals surface area contributed by atoms with E-state index in [-0.39, 0.29) is 12.4 Å². The molecule has 0 amide bonds. The van der Waals surface area contributed by atoms with Crippen LogP contribution in [0.4, 0.5) is 5.82 Å². The molecule has 1 aromatic carbocycles. The molecule has 222 valence electrons. The van der Waals surface area contributed by atoms with Gasteiger partial charge >= 0.3 is 0 Å². The van der Waals surface area contributed by atoms with Crippen LogP contribution in [-0.4, -0.2) is 83.9 Å². The van der Waals surface area contributed by atoms with Gasteiger partial charge < -0.3 is 25.2 Å². The zero-order valence-corrected chi connectivity index (χ0v) is 25.3. The SMILES string of the molecule is CCC[C@@H](O)COc1ccc(Cl)c(-c2nc(C(C(C)=O)=C(C)N)c(C)c(N3CC4(CC(N5CCOCC5)C4)C3)n2)c1. The molecule has 3 aliphatic rings. The van der Waals surface area contributed by atoms with E-state index in [1.165, 1.54) is 19.8 Å². The summed E-state index contributed by atoms with van der Waals surface area (Å²) in [5, 5.41) is 10.6. The smallest absolute Gasteiger partial charge is 0.163 e. The third kappa shape index (κ3) is 6.23. The van der Waals surface area contributed by atoms with E-state index in [4.69, 9.17) is 36.8 Å². The highest BCUT2D eigenvalue weighted by Crippen LogP contribution is 2.52. The minimum absolute atomic E-state index is 0.149. The predicted octanol–water partition coefficient (Wildman–Crippen LogP) is 4.22. The molecular formula is C31H42ClN5O4. The number of ether oxygens (including phenoxy) is 2. The molecule has 0 unspecified atom stereocenters. The first-order valence-electron chi connectivity index (χ1n) is 14.6. The molecule has 3 N–H and O–H groups in total. The summed E-state index contributed by atoms with van der Waals surface area (Å²) in [6.45, 7) is 12.9. The Kier molecular flexibility index (Phi) is 8.90. The molecule has 10 heteroatoms. The van der Waals surface area contributed by atoms with Crippen molar-refractivity contribution >= 4 is 28.8 Å². The molecule has 1 aromatic heterocycles. The van der Waals surface area contributed by atoms with Crippen LogP contribution in [0.15, 0.2) is 23.9 Å². The lowest BCUT2D eigenvalue weighted by Crippen LogP contribution is -2.67. The van der Waals surface area contributed by atoms with Gasteiger partial charge in [0.15, 0.2) is 11.6 Å². The van der Waals surface area contributed by atoms with Gasteiger partial charge in [0, 0.05) is 54.5 Å². The van der Waals surface area contributed by atoms with Gasteiger partial charge in [-0.1, -0.05) is 24.9 Å². The summed E-state index contributed by atoms with van der Waals surface area (Å²) in [5.41, 5.74) is 9.27. The van der Waals surface area contributed by atoms with Crippen LogP contribution in [-0.2, 0) is 9.53 Å². The number of rotatable bonds is 10. The molecule has 5 rings (SSSR count). The number of hydrogen-bond acceptors (Lipinski definition) is 9. The first-order valence-corrected chi connectivity index (χ1v) is 15.0. The molecule has 2 saturated heterocycles. The van der Waals surface area contributed by atoms with E-state index in [9.17, 15) is 9.90 Å². The molecule has 9 nitrogen and oxygen atoms in total. The minimum Gasteiger partial charge on any atom is -0.491 e. The fourth-order valence-corrected chi connectivity index (χ4v) is 6.70. The predicted molar refractivity (Wildman–Crippen MR) is 161 cm³/mol. The van der Waals surface area contributed by atoms with Crippen LogP contribution in [0.1, 0.15) is 57.7 Å². The summed E-state index contributed by atoms with van der Waals surface area (Å²) in [6.07, 6.45) is 3.36. The second kappa shape index (κ2) is 12.3. The van der Waals surface area contributed by atoms with Crippen molar-refractivity contribution in [3.63, 3.8) is 0 Å². The number of carbonyl (C=O) groups is 1. The number of nitrogens with two attached hydrogens (primary N) is 1. The van der Waals surface area contributed by atoms with Crippen LogP contribution in [0.25, 0.3) is 17.0 Å². The van der Waals surface area contributed by atoms with Gasteiger partial charge in [-0.15, -0.1) is 0 Å². The van der Waals surface area contributed by atoms with Gasteiger partial charge in [-0.2, -0.15) is 0 Å². The van der Waals surface area contributed by atoms with E-state index in [2.05, 4.69) is 9.80 Å². The highest BCUT2D eigenvalue weighted by Gasteiger charge is 2.54. The Hall–Kier alpha value is -2.72. The van der Waals surface area contributed by atoms with Crippen LogP contribution < -0.4 is 15.4 Å². The maximum atomic E-state index is 12.7. The Morgan fingerprint density at radius 2 is 1.95 bits per heavy atom. The number of allylic oxidation sites excluding steroid dienone is 2. The molecule has 1 atom stereocenters. The van der Waals surface area contributed by atoms with E-state index in [1.54, 1.807) is 25.1 Å². The number of carbonyl (C=O) groups excluding carboxylic acids is 1. The fraction of sp³-hybridized carbons (Fsp3) is 0.581. The highest BCUT2D eigenvalue weighted by atomic mass is 35.5. The standard InChI is InChI=1S/C31H42ClN5O4/c1-5-6-23(39)16-41-24-7-8-26(32)25(13-24)29-34-28(27(20(3)33)21(4)38)19(2)30(35-29)37-17-31(18-37)14-22(15-31)36-9-11-40-12-10-36/h7-8,13,22-23,39H,5-6,9-12,14-18,33H2,1-4H3/t23-/m1/s1. The van der Waals surface area contributed by atoms with Crippen LogP contribution in [0.2, 0.25) is 5.02 Å². The third-order valence-electron chi connectivity index (χ3n) is 8.60. The van der Waals surface area contributed by atoms with Crippen molar-refractivity contribution in [3.05, 3.63) is 40.2 Å². The number of aliphatic hydroxyl groups excluding tert-OH is 1. The van der Waals surface area contributed by atoms with Crippen LogP contribution in [0.5, 0.6) is 5.75 Å². The summed E-state index contributed by atoms with van der Waals surface area (Å²) < 4.78 is 11.4. The number of ketones is 1. The van der Waals surface area contributed by atoms with E-state index in [0.29, 0.717) is 57.0 Å². The van der Waals surface area contributed by atoms with Crippen LogP contribution >= 0.6 is 11.6 Å². The second-order valence-electron chi connectivity index (χ2n) is 11.9. The molecule has 0 radical (unpaired) electrons. The van der Waals surface area contributed by atoms with Crippen molar-refractivity contribution in [2.75, 3.05) is 50.9 Å². The molecule has 2 aliphatic heterocycles. The highest BCUT2D eigenvalue weighted by molar-refractivity contribution is 6.33. The lowest BCUT2D eigenvalue weighted by atomic mass is 9.60. The van der Waals surface area contributed by atoms with E-state index < -0.39 is 6.10 Å². The number of morpholine rings is 1. The molecule has 3 fully saturated rings. The maximum absolute atomic E-state index is 12.7. The quantitative estimate of drug-likeness (QED) is 0.397. The van der Waals surface area contributed by atoms with Gasteiger partial charge in [-0.05, 0) is 58.2 Å². The Labute approximate surface area is 247 Å². The minimum atomic E-state index is -0.545. The van der Waals surface area contributed by atoms with E-state index >= 15 is 0 Å². The molecule has 1 aliphatic carbocycles. The molecule has 1 spiro atoms. The summed E-state index contributed by atoms with van der Waals surface area (Å²) >= 11 is 6.67. The number of hydrogen-bond donors (Lipinski definition) is 2. The van der Waals surface area contributed by atoms with Crippen molar-refractivity contribution in [2.24, 2.45) is 11.1 Å². The number of aromatic nitrogens is 2. The van der Waals surface area contributed by atoms with Crippen molar-refractivity contribution in [3.8, 4) is 17.1 Å². The maximum Gasteiger partial charge on any atom is 0.163 e. The first-order chi connectivity index (χ1) is 19.6. The van der Waals surface area contributed by atoms with Gasteiger partial charge in [0.1, 0.15) is 18.2 Å². The Bertz CT molecular complexity index is 1310. The summed E-state index contributed by atoms with van der Waals surface area (Å²) in [7, 11) is 0. The average molecular weight is 584 g/mol. The topological polar surface area (TPSA) is 114 Å². The summed E-state index contributed by atoms with van der Waals surface area (Å²) in [5.74, 6) is 1.62. The lowest BCUT2D eigenvalue weighted by Gasteiger charge is -2.61. The first kappa shape index (κ1) is 29.8. The Balaban J connectivity index is 1.44. The zero-order valence-electron chi connectivity index (χ0n) is 24.6. The fourth-order valence-electron chi connectivity index (χ4n) is 6.49. The third-order valence-corrected chi connectivity index (χ3v) is 8.93. The van der Waals surface area contributed by atoms with Gasteiger partial charge in [0.05, 0.1) is 35.6 Å². The Morgan fingerprint density at radius 3 is 2.59 bits per heavy atom. The van der Waals surface area contributed by atoms with Crippen molar-refractivity contribution in [1.29, 1.82) is 0 Å². The van der Waals surface area contributed by atoms with Gasteiger partial charge in [-0.25, -0.2) is 9.97 Å². The van der Waals surface area contributed by atoms with Gasteiger partial charge in [0.2, 0.25) is 0 Å². The largest absolute Gasteiger partial charge is 0.491 e. The summed E-state index contributed by atoms with van der Waals surface area (Å²) in [6, 6.07) is 5.94. The molecular weight excluding hydrogens is 542 g/mol. The molecule has 3 heterocycles. The number of halogens is 1. The molecule has 2 aromatic rings. The van der Waals surface area contributed by atoms with Crippen molar-refractivity contribution < 1.29 is 19.4 Å². The Morgan fingerprint density at radius 1 is 1.24 bits per heavy atom. The second-order valence-corrected chi connectivity index (χ2v) is 12.3. The van der Waals surface area contributed by atoms with Crippen molar-refractivity contribution in [1.82, 2.24) is 14.9 Å².